The lowest BCUT2D eigenvalue weighted by Crippen LogP contribution is -2.23. The van der Waals surface area contributed by atoms with Gasteiger partial charge in [-0.2, -0.15) is 4.98 Å². The van der Waals surface area contributed by atoms with E-state index >= 15 is 0 Å². The number of aromatic nitrogens is 4. The minimum atomic E-state index is -4.40. The highest BCUT2D eigenvalue weighted by Crippen LogP contribution is 2.35. The number of ether oxygens (including phenoxy) is 2. The van der Waals surface area contributed by atoms with Crippen LogP contribution in [0.2, 0.25) is 0 Å². The van der Waals surface area contributed by atoms with Crippen LogP contribution in [0.5, 0.6) is 5.75 Å². The van der Waals surface area contributed by atoms with Gasteiger partial charge in [0.05, 0.1) is 20.0 Å². The fourth-order valence-corrected chi connectivity index (χ4v) is 3.74. The smallest absolute Gasteiger partial charge is 0.350 e. The van der Waals surface area contributed by atoms with E-state index in [1.807, 2.05) is 24.3 Å². The summed E-state index contributed by atoms with van der Waals surface area (Å²) < 4.78 is 35.8. The number of fused-ring (bicyclic) bond motifs is 1. The monoisotopic (exact) mass is 443 g/mol. The molecule has 13 heteroatoms. The van der Waals surface area contributed by atoms with Gasteiger partial charge < -0.3 is 29.6 Å². The number of benzene rings is 1. The number of alkyl halides is 1. The molecule has 3 rings (SSSR count). The SMILES string of the molecule is COc1ccc(Sc2nc(N)nc3c2ncn3C[C@@H](CF)OCP(=O)(O)O)cc1. The van der Waals surface area contributed by atoms with Crippen LogP contribution in [0.4, 0.5) is 10.3 Å². The molecule has 0 spiro atoms. The Kier molecular flexibility index (Phi) is 6.70. The van der Waals surface area contributed by atoms with Crippen LogP contribution in [-0.4, -0.2) is 55.5 Å². The maximum atomic E-state index is 13.2. The van der Waals surface area contributed by atoms with Crippen molar-refractivity contribution >= 4 is 36.5 Å². The van der Waals surface area contributed by atoms with Gasteiger partial charge >= 0.3 is 7.60 Å². The largest absolute Gasteiger partial charge is 0.497 e. The number of nitrogens with two attached hydrogens (primary N) is 1. The van der Waals surface area contributed by atoms with E-state index in [1.165, 1.54) is 22.7 Å². The van der Waals surface area contributed by atoms with Gasteiger partial charge in [-0.3, -0.25) is 4.57 Å². The van der Waals surface area contributed by atoms with Gasteiger partial charge in [0.25, 0.3) is 0 Å². The Hall–Kier alpha value is -2.24. The van der Waals surface area contributed by atoms with Crippen molar-refractivity contribution in [2.45, 2.75) is 22.6 Å². The van der Waals surface area contributed by atoms with Gasteiger partial charge in [0.2, 0.25) is 5.95 Å². The standard InChI is InChI=1S/C16H19FN5O5PS/c1-26-10-2-4-12(5-3-10)29-15-13-14(20-16(18)21-15)22(8-19-13)7-11(6-17)27-9-28(23,24)25/h2-5,8,11H,6-7,9H2,1H3,(H2,18,20,21)(H2,23,24,25)/t11-/m1/s1. The second-order valence-electron chi connectivity index (χ2n) is 5.97. The van der Waals surface area contributed by atoms with E-state index in [2.05, 4.69) is 15.0 Å². The summed E-state index contributed by atoms with van der Waals surface area (Å²) in [6.07, 6.45) is -0.515. The van der Waals surface area contributed by atoms with Crippen molar-refractivity contribution in [3.05, 3.63) is 30.6 Å². The van der Waals surface area contributed by atoms with Gasteiger partial charge in [0, 0.05) is 4.90 Å². The quantitative estimate of drug-likeness (QED) is 0.332. The summed E-state index contributed by atoms with van der Waals surface area (Å²) in [6, 6.07) is 7.35. The number of nitrogen functional groups attached to an aromatic ring is 1. The van der Waals surface area contributed by atoms with E-state index in [9.17, 15) is 8.96 Å². The molecule has 156 valence electrons. The van der Waals surface area contributed by atoms with E-state index in [1.54, 1.807) is 7.11 Å². The topological polar surface area (TPSA) is 146 Å². The first-order valence-corrected chi connectivity index (χ1v) is 10.9. The predicted molar refractivity (Wildman–Crippen MR) is 105 cm³/mol. The van der Waals surface area contributed by atoms with Crippen LogP contribution < -0.4 is 10.5 Å². The number of hydrogen-bond donors (Lipinski definition) is 3. The third kappa shape index (κ3) is 5.64. The van der Waals surface area contributed by atoms with Crippen LogP contribution >= 0.6 is 19.4 Å². The molecule has 1 atom stereocenters. The zero-order valence-corrected chi connectivity index (χ0v) is 17.0. The zero-order valence-electron chi connectivity index (χ0n) is 15.3. The Balaban J connectivity index is 1.84. The minimum Gasteiger partial charge on any atom is -0.497 e. The van der Waals surface area contributed by atoms with Gasteiger partial charge in [-0.15, -0.1) is 0 Å². The third-order valence-electron chi connectivity index (χ3n) is 3.77. The molecule has 29 heavy (non-hydrogen) atoms. The summed E-state index contributed by atoms with van der Waals surface area (Å²) in [7, 11) is -2.82. The number of nitrogens with zero attached hydrogens (tertiary/aromatic N) is 4. The van der Waals surface area contributed by atoms with Crippen LogP contribution in [0.1, 0.15) is 0 Å². The summed E-state index contributed by atoms with van der Waals surface area (Å²) in [6.45, 7) is -0.982. The second kappa shape index (κ2) is 9.06. The van der Waals surface area contributed by atoms with Gasteiger partial charge in [-0.25, -0.2) is 14.4 Å². The molecule has 2 aromatic heterocycles. The molecule has 0 fully saturated rings. The highest BCUT2D eigenvalue weighted by molar-refractivity contribution is 7.99. The highest BCUT2D eigenvalue weighted by Gasteiger charge is 2.20. The summed E-state index contributed by atoms with van der Waals surface area (Å²) in [5.74, 6) is 0.738. The fraction of sp³-hybridized carbons (Fsp3) is 0.312. The molecule has 0 aliphatic rings. The number of imidazole rings is 1. The molecule has 0 aliphatic heterocycles. The van der Waals surface area contributed by atoms with Gasteiger partial charge in [-0.1, -0.05) is 11.8 Å². The highest BCUT2D eigenvalue weighted by atomic mass is 32.2. The minimum absolute atomic E-state index is 0.0168. The first-order valence-electron chi connectivity index (χ1n) is 8.31. The van der Waals surface area contributed by atoms with E-state index in [4.69, 9.17) is 25.0 Å². The number of anilines is 1. The maximum absolute atomic E-state index is 13.2. The van der Waals surface area contributed by atoms with Crippen molar-refractivity contribution < 1.29 is 28.2 Å². The molecule has 10 nitrogen and oxygen atoms in total. The lowest BCUT2D eigenvalue weighted by atomic mass is 10.3. The fourth-order valence-electron chi connectivity index (χ4n) is 2.46. The number of methoxy groups -OCH3 is 1. The molecule has 0 amide bonds. The predicted octanol–water partition coefficient (Wildman–Crippen LogP) is 2.06. The van der Waals surface area contributed by atoms with Gasteiger partial charge in [-0.05, 0) is 24.3 Å². The van der Waals surface area contributed by atoms with E-state index < -0.39 is 26.7 Å². The molecule has 0 unspecified atom stereocenters. The molecule has 4 N–H and O–H groups in total. The lowest BCUT2D eigenvalue weighted by Gasteiger charge is -2.16. The molecular weight excluding hydrogens is 424 g/mol. The van der Waals surface area contributed by atoms with Crippen molar-refractivity contribution in [3.8, 4) is 5.75 Å². The van der Waals surface area contributed by atoms with Crippen molar-refractivity contribution in [3.63, 3.8) is 0 Å². The van der Waals surface area contributed by atoms with E-state index in [0.29, 0.717) is 16.2 Å². The van der Waals surface area contributed by atoms with Crippen molar-refractivity contribution in [1.29, 1.82) is 0 Å². The third-order valence-corrected chi connectivity index (χ3v) is 5.25. The lowest BCUT2D eigenvalue weighted by molar-refractivity contribution is 0.0445. The first kappa shape index (κ1) is 21.5. The molecular formula is C16H19FN5O5PS. The normalized spacial score (nSPS) is 13.0. The Labute approximate surface area is 169 Å². The molecule has 0 bridgehead atoms. The van der Waals surface area contributed by atoms with Gasteiger partial charge in [0.1, 0.15) is 35.4 Å². The summed E-state index contributed by atoms with van der Waals surface area (Å²) in [5, 5.41) is 0.518. The average molecular weight is 443 g/mol. The van der Waals surface area contributed by atoms with Gasteiger partial charge in [0.15, 0.2) is 5.65 Å². The van der Waals surface area contributed by atoms with Crippen molar-refractivity contribution in [2.75, 3.05) is 25.9 Å². The summed E-state index contributed by atoms with van der Waals surface area (Å²) in [5.41, 5.74) is 6.66. The van der Waals surface area contributed by atoms with Crippen LogP contribution in [-0.2, 0) is 15.8 Å². The molecule has 0 saturated carbocycles. The van der Waals surface area contributed by atoms with Crippen molar-refractivity contribution in [2.24, 2.45) is 0 Å². The van der Waals surface area contributed by atoms with E-state index in [0.717, 1.165) is 10.6 Å². The van der Waals surface area contributed by atoms with Crippen LogP contribution in [0.3, 0.4) is 0 Å². The number of halogens is 1. The molecule has 0 aliphatic carbocycles. The zero-order chi connectivity index (χ0) is 21.0. The molecule has 0 saturated heterocycles. The second-order valence-corrected chi connectivity index (χ2v) is 8.62. The molecule has 0 radical (unpaired) electrons. The van der Waals surface area contributed by atoms with Crippen molar-refractivity contribution in [1.82, 2.24) is 19.5 Å². The summed E-state index contributed by atoms with van der Waals surface area (Å²) in [4.78, 5) is 31.4. The first-order chi connectivity index (χ1) is 13.8. The van der Waals surface area contributed by atoms with Crippen LogP contribution in [0, 0.1) is 0 Å². The Bertz CT molecular complexity index is 1030. The number of hydrogen-bond acceptors (Lipinski definition) is 8. The molecule has 2 heterocycles. The number of rotatable bonds is 9. The Morgan fingerprint density at radius 2 is 2.03 bits per heavy atom. The average Bonchev–Trinajstić information content (AvgIpc) is 3.07. The molecule has 1 aromatic carbocycles. The Morgan fingerprint density at radius 1 is 1.31 bits per heavy atom. The Morgan fingerprint density at radius 3 is 2.66 bits per heavy atom. The van der Waals surface area contributed by atoms with E-state index in [-0.39, 0.29) is 12.5 Å². The maximum Gasteiger partial charge on any atom is 0.350 e. The molecule has 3 aromatic rings. The van der Waals surface area contributed by atoms with Crippen LogP contribution in [0.25, 0.3) is 11.2 Å². The van der Waals surface area contributed by atoms with Crippen LogP contribution in [0.15, 0.2) is 40.5 Å². The summed E-state index contributed by atoms with van der Waals surface area (Å²) >= 11 is 1.33.